The van der Waals surface area contributed by atoms with Gasteiger partial charge < -0.3 is 9.47 Å². The zero-order valence-electron chi connectivity index (χ0n) is 17.8. The fourth-order valence-electron chi connectivity index (χ4n) is 3.70. The van der Waals surface area contributed by atoms with Gasteiger partial charge in [0.2, 0.25) is 5.91 Å². The third kappa shape index (κ3) is 4.65. The first-order valence-electron chi connectivity index (χ1n) is 10.5. The number of aromatic nitrogens is 1. The van der Waals surface area contributed by atoms with Gasteiger partial charge in [0.1, 0.15) is 5.75 Å². The van der Waals surface area contributed by atoms with Gasteiger partial charge in [-0.05, 0) is 74.6 Å². The quantitative estimate of drug-likeness (QED) is 0.532. The molecule has 1 aromatic heterocycles. The zero-order valence-corrected chi connectivity index (χ0v) is 18.6. The van der Waals surface area contributed by atoms with Crippen molar-refractivity contribution in [2.75, 3.05) is 24.7 Å². The van der Waals surface area contributed by atoms with E-state index in [1.165, 1.54) is 11.1 Å². The van der Waals surface area contributed by atoms with Gasteiger partial charge >= 0.3 is 0 Å². The van der Waals surface area contributed by atoms with E-state index in [-0.39, 0.29) is 12.0 Å². The average molecular weight is 425 g/mol. The highest BCUT2D eigenvalue weighted by atomic mass is 32.1. The predicted octanol–water partition coefficient (Wildman–Crippen LogP) is 5.07. The van der Waals surface area contributed by atoms with Gasteiger partial charge in [0.25, 0.3) is 0 Å². The number of ether oxygens (including phenoxy) is 2. The van der Waals surface area contributed by atoms with Crippen LogP contribution in [0.2, 0.25) is 0 Å². The largest absolute Gasteiger partial charge is 0.494 e. The summed E-state index contributed by atoms with van der Waals surface area (Å²) >= 11 is 1.58. The Balaban J connectivity index is 1.59. The van der Waals surface area contributed by atoms with Crippen LogP contribution in [0.3, 0.4) is 0 Å². The average Bonchev–Trinajstić information content (AvgIpc) is 3.38. The number of carbonyl (C=O) groups is 1. The number of thiazole rings is 1. The third-order valence-corrected chi connectivity index (χ3v) is 6.57. The van der Waals surface area contributed by atoms with Crippen LogP contribution in [0, 0.1) is 13.8 Å². The molecule has 1 amide bonds. The smallest absolute Gasteiger partial charge is 0.233 e. The molecule has 0 N–H and O–H groups in total. The van der Waals surface area contributed by atoms with Gasteiger partial charge in [0, 0.05) is 6.61 Å². The Labute approximate surface area is 181 Å². The SMILES string of the molecule is CCOc1ccc(CC(=O)N(CC2CCCO2)c2nc3cc(C)c(C)cc3s2)cc1. The Morgan fingerprint density at radius 1 is 1.23 bits per heavy atom. The highest BCUT2D eigenvalue weighted by molar-refractivity contribution is 7.22. The number of amides is 1. The molecule has 0 bridgehead atoms. The topological polar surface area (TPSA) is 51.7 Å². The van der Waals surface area contributed by atoms with Gasteiger partial charge in [-0.3, -0.25) is 9.69 Å². The van der Waals surface area contributed by atoms with E-state index in [0.29, 0.717) is 19.6 Å². The molecule has 1 unspecified atom stereocenters. The van der Waals surface area contributed by atoms with E-state index < -0.39 is 0 Å². The summed E-state index contributed by atoms with van der Waals surface area (Å²) < 4.78 is 12.4. The molecule has 0 saturated carbocycles. The molecular weight excluding hydrogens is 396 g/mol. The molecule has 2 heterocycles. The summed E-state index contributed by atoms with van der Waals surface area (Å²) in [5, 5.41) is 0.751. The van der Waals surface area contributed by atoms with Gasteiger partial charge in [-0.15, -0.1) is 0 Å². The van der Waals surface area contributed by atoms with Crippen molar-refractivity contribution < 1.29 is 14.3 Å². The van der Waals surface area contributed by atoms with Gasteiger partial charge in [-0.1, -0.05) is 23.5 Å². The lowest BCUT2D eigenvalue weighted by atomic mass is 10.1. The van der Waals surface area contributed by atoms with Crippen molar-refractivity contribution in [3.05, 3.63) is 53.1 Å². The summed E-state index contributed by atoms with van der Waals surface area (Å²) in [6.07, 6.45) is 2.43. The minimum Gasteiger partial charge on any atom is -0.494 e. The van der Waals surface area contributed by atoms with Crippen molar-refractivity contribution in [3.63, 3.8) is 0 Å². The molecule has 30 heavy (non-hydrogen) atoms. The van der Waals surface area contributed by atoms with E-state index in [1.807, 2.05) is 36.1 Å². The van der Waals surface area contributed by atoms with E-state index in [9.17, 15) is 4.79 Å². The monoisotopic (exact) mass is 424 g/mol. The fraction of sp³-hybridized carbons (Fsp3) is 0.417. The van der Waals surface area contributed by atoms with Crippen molar-refractivity contribution >= 4 is 32.6 Å². The van der Waals surface area contributed by atoms with Crippen LogP contribution in [0.25, 0.3) is 10.2 Å². The lowest BCUT2D eigenvalue weighted by Gasteiger charge is -2.23. The van der Waals surface area contributed by atoms with E-state index in [0.717, 1.165) is 46.1 Å². The van der Waals surface area contributed by atoms with Crippen LogP contribution >= 0.6 is 11.3 Å². The van der Waals surface area contributed by atoms with Crippen LogP contribution in [0.4, 0.5) is 5.13 Å². The number of benzene rings is 2. The van der Waals surface area contributed by atoms with E-state index in [1.54, 1.807) is 11.3 Å². The van der Waals surface area contributed by atoms with Gasteiger partial charge in [0.05, 0.1) is 35.9 Å². The summed E-state index contributed by atoms with van der Waals surface area (Å²) in [7, 11) is 0. The highest BCUT2D eigenvalue weighted by Crippen LogP contribution is 2.32. The Hall–Kier alpha value is -2.44. The van der Waals surface area contributed by atoms with Gasteiger partial charge in [-0.25, -0.2) is 4.98 Å². The molecule has 1 fully saturated rings. The number of anilines is 1. The Bertz CT molecular complexity index is 984. The number of hydrogen-bond donors (Lipinski definition) is 0. The first kappa shape index (κ1) is 20.8. The molecule has 0 radical (unpaired) electrons. The van der Waals surface area contributed by atoms with Crippen LogP contribution in [0.1, 0.15) is 36.5 Å². The first-order valence-corrected chi connectivity index (χ1v) is 11.4. The molecule has 1 saturated heterocycles. The maximum atomic E-state index is 13.3. The van der Waals surface area contributed by atoms with E-state index in [2.05, 4.69) is 26.0 Å². The molecule has 0 aliphatic carbocycles. The van der Waals surface area contributed by atoms with Crippen LogP contribution < -0.4 is 9.64 Å². The van der Waals surface area contributed by atoms with Crippen molar-refractivity contribution in [1.29, 1.82) is 0 Å². The molecule has 158 valence electrons. The number of hydrogen-bond acceptors (Lipinski definition) is 5. The second kappa shape index (κ2) is 9.14. The predicted molar refractivity (Wildman–Crippen MR) is 122 cm³/mol. The molecule has 5 nitrogen and oxygen atoms in total. The lowest BCUT2D eigenvalue weighted by Crippen LogP contribution is -2.38. The standard InChI is InChI=1S/C24H28N2O3S/c1-4-28-19-9-7-18(8-10-19)14-23(27)26(15-20-6-5-11-29-20)24-25-21-12-16(2)17(3)13-22(21)30-24/h7-10,12-13,20H,4-6,11,14-15H2,1-3H3. The molecule has 1 aliphatic heterocycles. The summed E-state index contributed by atoms with van der Waals surface area (Å²) in [4.78, 5) is 20.0. The molecule has 1 atom stereocenters. The number of aryl methyl sites for hydroxylation is 2. The maximum absolute atomic E-state index is 13.3. The Kier molecular flexibility index (Phi) is 6.35. The second-order valence-corrected chi connectivity index (χ2v) is 8.80. The molecule has 0 spiro atoms. The normalized spacial score (nSPS) is 16.2. The molecular formula is C24H28N2O3S. The van der Waals surface area contributed by atoms with Crippen LogP contribution in [-0.4, -0.2) is 36.8 Å². The van der Waals surface area contributed by atoms with E-state index in [4.69, 9.17) is 14.5 Å². The van der Waals surface area contributed by atoms with Crippen LogP contribution in [0.5, 0.6) is 5.75 Å². The Morgan fingerprint density at radius 2 is 2.00 bits per heavy atom. The molecule has 1 aliphatic rings. The molecule has 6 heteroatoms. The van der Waals surface area contributed by atoms with Crippen molar-refractivity contribution in [3.8, 4) is 5.75 Å². The van der Waals surface area contributed by atoms with Crippen molar-refractivity contribution in [2.24, 2.45) is 0 Å². The maximum Gasteiger partial charge on any atom is 0.233 e. The minimum atomic E-state index is 0.0437. The van der Waals surface area contributed by atoms with Crippen molar-refractivity contribution in [2.45, 2.75) is 46.1 Å². The molecule has 4 rings (SSSR count). The first-order chi connectivity index (χ1) is 14.5. The number of nitrogens with zero attached hydrogens (tertiary/aromatic N) is 2. The second-order valence-electron chi connectivity index (χ2n) is 7.79. The van der Waals surface area contributed by atoms with Crippen LogP contribution in [0.15, 0.2) is 36.4 Å². The zero-order chi connectivity index (χ0) is 21.1. The number of carbonyl (C=O) groups excluding carboxylic acids is 1. The summed E-state index contributed by atoms with van der Waals surface area (Å²) in [5.41, 5.74) is 4.37. The summed E-state index contributed by atoms with van der Waals surface area (Å²) in [6, 6.07) is 12.0. The van der Waals surface area contributed by atoms with Gasteiger partial charge in [-0.2, -0.15) is 0 Å². The molecule has 3 aromatic rings. The third-order valence-electron chi connectivity index (χ3n) is 5.52. The summed E-state index contributed by atoms with van der Waals surface area (Å²) in [6.45, 7) is 8.10. The summed E-state index contributed by atoms with van der Waals surface area (Å²) in [5.74, 6) is 0.865. The fourth-order valence-corrected chi connectivity index (χ4v) is 4.77. The van der Waals surface area contributed by atoms with Crippen LogP contribution in [-0.2, 0) is 16.0 Å². The molecule has 2 aromatic carbocycles. The number of rotatable bonds is 7. The minimum absolute atomic E-state index is 0.0437. The van der Waals surface area contributed by atoms with Gasteiger partial charge in [0.15, 0.2) is 5.13 Å². The number of fused-ring (bicyclic) bond motifs is 1. The van der Waals surface area contributed by atoms with Crippen molar-refractivity contribution in [1.82, 2.24) is 4.98 Å². The Morgan fingerprint density at radius 3 is 2.70 bits per heavy atom. The van der Waals surface area contributed by atoms with E-state index >= 15 is 0 Å². The lowest BCUT2D eigenvalue weighted by molar-refractivity contribution is -0.118. The highest BCUT2D eigenvalue weighted by Gasteiger charge is 2.26.